The summed E-state index contributed by atoms with van der Waals surface area (Å²) >= 11 is 0. The number of benzene rings is 9. The maximum atomic E-state index is 2.42. The molecule has 0 aromatic heterocycles. The zero-order chi connectivity index (χ0) is 34.1. The van der Waals surface area contributed by atoms with Gasteiger partial charge in [0.25, 0.3) is 0 Å². The van der Waals surface area contributed by atoms with Crippen LogP contribution < -0.4 is 0 Å². The molecule has 0 nitrogen and oxygen atoms in total. The SMILES string of the molecule is CC1(C)c2ccccc2-c2ccc(-c3cccc(-c4ccc5c(-c6c7ccccc7c(-c7ccccc7)c7ccccc67)cccc5c4)c3)cc21. The molecule has 0 bridgehead atoms. The molecule has 0 heteroatoms. The van der Waals surface area contributed by atoms with Gasteiger partial charge >= 0.3 is 0 Å². The number of rotatable bonds is 4. The smallest absolute Gasteiger partial charge is 0.0159 e. The molecule has 0 saturated heterocycles. The predicted octanol–water partition coefficient (Wildman–Crippen LogP) is 14.1. The standard InChI is InChI=1S/C51H36/c1-51(2)47-25-11-10-19-40(47)41-29-27-37(32-48(41)51)35-17-12-16-34(30-35)36-26-28-39-38(31-36)18-13-24-42(39)50-45-22-8-6-20-43(45)49(33-14-4-3-5-15-33)44-21-7-9-23-46(44)50/h3-32H,1-2H3. The second-order valence-electron chi connectivity index (χ2n) is 14.5. The van der Waals surface area contributed by atoms with Crippen LogP contribution in [0.3, 0.4) is 0 Å². The Bertz CT molecular complexity index is 2760. The van der Waals surface area contributed by atoms with Crippen LogP contribution in [0.1, 0.15) is 25.0 Å². The maximum absolute atomic E-state index is 2.42. The van der Waals surface area contributed by atoms with E-state index in [1.54, 1.807) is 0 Å². The highest BCUT2D eigenvalue weighted by Gasteiger charge is 2.35. The fourth-order valence-corrected chi connectivity index (χ4v) is 8.78. The van der Waals surface area contributed by atoms with Crippen molar-refractivity contribution in [3.8, 4) is 55.6 Å². The normalized spacial score (nSPS) is 13.1. The Morgan fingerprint density at radius 3 is 1.53 bits per heavy atom. The van der Waals surface area contributed by atoms with Crippen LogP contribution in [-0.2, 0) is 5.41 Å². The van der Waals surface area contributed by atoms with Gasteiger partial charge in [0.15, 0.2) is 0 Å². The zero-order valence-corrected chi connectivity index (χ0v) is 28.8. The molecule has 0 heterocycles. The van der Waals surface area contributed by atoms with Crippen molar-refractivity contribution in [2.45, 2.75) is 19.3 Å². The number of fused-ring (bicyclic) bond motifs is 6. The third-order valence-corrected chi connectivity index (χ3v) is 11.3. The Labute approximate surface area is 299 Å². The lowest BCUT2D eigenvalue weighted by molar-refractivity contribution is 0.660. The topological polar surface area (TPSA) is 0 Å². The summed E-state index contributed by atoms with van der Waals surface area (Å²) in [5.41, 5.74) is 15.6. The Kier molecular flexibility index (Phi) is 6.63. The summed E-state index contributed by atoms with van der Waals surface area (Å²) in [6.45, 7) is 4.70. The van der Waals surface area contributed by atoms with E-state index < -0.39 is 0 Å². The van der Waals surface area contributed by atoms with Crippen molar-refractivity contribution < 1.29 is 0 Å². The molecule has 0 amide bonds. The average Bonchev–Trinajstić information content (AvgIpc) is 3.42. The van der Waals surface area contributed by atoms with Crippen molar-refractivity contribution in [3.05, 3.63) is 193 Å². The second kappa shape index (κ2) is 11.4. The molecule has 1 aliphatic rings. The van der Waals surface area contributed by atoms with Crippen molar-refractivity contribution in [1.29, 1.82) is 0 Å². The number of hydrogen-bond donors (Lipinski definition) is 0. The van der Waals surface area contributed by atoms with Crippen LogP contribution in [-0.4, -0.2) is 0 Å². The molecule has 0 atom stereocenters. The highest BCUT2D eigenvalue weighted by Crippen LogP contribution is 2.50. The summed E-state index contributed by atoms with van der Waals surface area (Å²) in [5.74, 6) is 0. The van der Waals surface area contributed by atoms with Crippen LogP contribution in [0.15, 0.2) is 182 Å². The summed E-state index contributed by atoms with van der Waals surface area (Å²) in [6, 6.07) is 67.3. The molecule has 0 N–H and O–H groups in total. The molecule has 9 aromatic rings. The van der Waals surface area contributed by atoms with E-state index in [4.69, 9.17) is 0 Å². The third-order valence-electron chi connectivity index (χ3n) is 11.3. The molecule has 0 aliphatic heterocycles. The molecule has 240 valence electrons. The second-order valence-corrected chi connectivity index (χ2v) is 14.5. The van der Waals surface area contributed by atoms with E-state index >= 15 is 0 Å². The Balaban J connectivity index is 1.09. The lowest BCUT2D eigenvalue weighted by atomic mass is 9.81. The summed E-state index contributed by atoms with van der Waals surface area (Å²) in [4.78, 5) is 0. The van der Waals surface area contributed by atoms with Crippen LogP contribution in [0.4, 0.5) is 0 Å². The van der Waals surface area contributed by atoms with Gasteiger partial charge in [0, 0.05) is 5.41 Å². The van der Waals surface area contributed by atoms with E-state index in [1.807, 2.05) is 0 Å². The molecule has 0 unspecified atom stereocenters. The van der Waals surface area contributed by atoms with Crippen molar-refractivity contribution in [1.82, 2.24) is 0 Å². The first-order valence-electron chi connectivity index (χ1n) is 17.9. The minimum Gasteiger partial charge on any atom is -0.0622 e. The highest BCUT2D eigenvalue weighted by atomic mass is 14.4. The van der Waals surface area contributed by atoms with Crippen LogP contribution in [0, 0.1) is 0 Å². The molecule has 51 heavy (non-hydrogen) atoms. The minimum atomic E-state index is -0.0197. The summed E-state index contributed by atoms with van der Waals surface area (Å²) in [7, 11) is 0. The molecule has 0 radical (unpaired) electrons. The van der Waals surface area contributed by atoms with Crippen LogP contribution in [0.2, 0.25) is 0 Å². The van der Waals surface area contributed by atoms with E-state index in [0.717, 1.165) is 0 Å². The highest BCUT2D eigenvalue weighted by molar-refractivity contribution is 6.23. The molecule has 9 aromatic carbocycles. The van der Waals surface area contributed by atoms with Crippen molar-refractivity contribution in [3.63, 3.8) is 0 Å². The first-order chi connectivity index (χ1) is 25.1. The van der Waals surface area contributed by atoms with Gasteiger partial charge in [-0.05, 0) is 117 Å². The Hall–Kier alpha value is -6.24. The van der Waals surface area contributed by atoms with E-state index in [0.29, 0.717) is 0 Å². The Morgan fingerprint density at radius 1 is 0.294 bits per heavy atom. The first kappa shape index (κ1) is 29.7. The van der Waals surface area contributed by atoms with Crippen LogP contribution >= 0.6 is 0 Å². The van der Waals surface area contributed by atoms with Crippen molar-refractivity contribution in [2.75, 3.05) is 0 Å². The maximum Gasteiger partial charge on any atom is 0.0159 e. The molecule has 0 spiro atoms. The zero-order valence-electron chi connectivity index (χ0n) is 28.8. The summed E-state index contributed by atoms with van der Waals surface area (Å²) < 4.78 is 0. The molecule has 1 aliphatic carbocycles. The third kappa shape index (κ3) is 4.60. The van der Waals surface area contributed by atoms with Gasteiger partial charge < -0.3 is 0 Å². The summed E-state index contributed by atoms with van der Waals surface area (Å²) in [5, 5.41) is 7.62. The van der Waals surface area contributed by atoms with Crippen molar-refractivity contribution >= 4 is 32.3 Å². The number of hydrogen-bond acceptors (Lipinski definition) is 0. The Morgan fingerprint density at radius 2 is 0.804 bits per heavy atom. The lowest BCUT2D eigenvalue weighted by Crippen LogP contribution is -2.14. The van der Waals surface area contributed by atoms with Gasteiger partial charge in [-0.25, -0.2) is 0 Å². The largest absolute Gasteiger partial charge is 0.0622 e. The minimum absolute atomic E-state index is 0.0197. The molecule has 10 rings (SSSR count). The van der Waals surface area contributed by atoms with E-state index in [2.05, 4.69) is 196 Å². The van der Waals surface area contributed by atoms with Gasteiger partial charge in [0.1, 0.15) is 0 Å². The van der Waals surface area contributed by atoms with E-state index in [9.17, 15) is 0 Å². The predicted molar refractivity (Wildman–Crippen MR) is 218 cm³/mol. The monoisotopic (exact) mass is 648 g/mol. The molecule has 0 fully saturated rings. The first-order valence-corrected chi connectivity index (χ1v) is 17.9. The quantitative estimate of drug-likeness (QED) is 0.167. The van der Waals surface area contributed by atoms with E-state index in [1.165, 1.54) is 99.1 Å². The average molecular weight is 649 g/mol. The van der Waals surface area contributed by atoms with Gasteiger partial charge in [-0.2, -0.15) is 0 Å². The van der Waals surface area contributed by atoms with Gasteiger partial charge in [-0.15, -0.1) is 0 Å². The van der Waals surface area contributed by atoms with Gasteiger partial charge in [0.2, 0.25) is 0 Å². The van der Waals surface area contributed by atoms with Gasteiger partial charge in [-0.3, -0.25) is 0 Å². The van der Waals surface area contributed by atoms with Crippen molar-refractivity contribution in [2.24, 2.45) is 0 Å². The molecule has 0 saturated carbocycles. The fraction of sp³-hybridized carbons (Fsp3) is 0.0588. The van der Waals surface area contributed by atoms with Gasteiger partial charge in [0.05, 0.1) is 0 Å². The fourth-order valence-electron chi connectivity index (χ4n) is 8.78. The summed E-state index contributed by atoms with van der Waals surface area (Å²) in [6.07, 6.45) is 0. The van der Waals surface area contributed by atoms with Gasteiger partial charge in [-0.1, -0.05) is 178 Å². The van der Waals surface area contributed by atoms with E-state index in [-0.39, 0.29) is 5.41 Å². The lowest BCUT2D eigenvalue weighted by Gasteiger charge is -2.22. The van der Waals surface area contributed by atoms with Crippen LogP contribution in [0.25, 0.3) is 88.0 Å². The van der Waals surface area contributed by atoms with Crippen LogP contribution in [0.5, 0.6) is 0 Å². The molecular formula is C51H36. The molecular weight excluding hydrogens is 613 g/mol.